The number of carbonyl (C=O) groups is 1. The molecule has 0 atom stereocenters. The highest BCUT2D eigenvalue weighted by molar-refractivity contribution is 6.04. The third-order valence-corrected chi connectivity index (χ3v) is 3.05. The molecule has 0 aliphatic heterocycles. The zero-order valence-corrected chi connectivity index (χ0v) is 12.7. The van der Waals surface area contributed by atoms with Gasteiger partial charge in [-0.2, -0.15) is 26.3 Å². The highest BCUT2D eigenvalue weighted by Gasteiger charge is 2.34. The van der Waals surface area contributed by atoms with Gasteiger partial charge in [0.25, 0.3) is 5.91 Å². The highest BCUT2D eigenvalue weighted by Crippen LogP contribution is 2.32. The van der Waals surface area contributed by atoms with Crippen molar-refractivity contribution in [1.82, 2.24) is 0 Å². The van der Waals surface area contributed by atoms with Crippen LogP contribution in [0.15, 0.2) is 42.5 Å². The van der Waals surface area contributed by atoms with Crippen molar-refractivity contribution >= 4 is 11.6 Å². The molecule has 0 bridgehead atoms. The van der Waals surface area contributed by atoms with E-state index < -0.39 is 41.8 Å². The number of carbonyl (C=O) groups excluding carboxylic acids is 1. The number of rotatable bonds is 4. The number of hydrogen-bond donors (Lipinski definition) is 1. The topological polar surface area (TPSA) is 38.3 Å². The summed E-state index contributed by atoms with van der Waals surface area (Å²) < 4.78 is 91.8. The van der Waals surface area contributed by atoms with E-state index in [-0.39, 0.29) is 11.4 Å². The number of halogens is 7. The van der Waals surface area contributed by atoms with Crippen LogP contribution in [-0.4, -0.2) is 18.7 Å². The van der Waals surface area contributed by atoms with Crippen LogP contribution in [-0.2, 0) is 6.18 Å². The first-order valence-corrected chi connectivity index (χ1v) is 6.93. The Kier molecular flexibility index (Phi) is 5.43. The second-order valence-electron chi connectivity index (χ2n) is 5.07. The Balaban J connectivity index is 2.08. The van der Waals surface area contributed by atoms with Gasteiger partial charge in [-0.3, -0.25) is 4.79 Å². The number of nitrogens with one attached hydrogen (secondary N) is 1. The molecule has 0 spiro atoms. The van der Waals surface area contributed by atoms with Gasteiger partial charge in [-0.05, 0) is 42.5 Å². The Morgan fingerprint density at radius 1 is 0.962 bits per heavy atom. The SMILES string of the molecule is O=C(Nc1ccc(OCC(F)(F)F)cc1)c1ccc(F)c(C(F)(F)F)c1. The quantitative estimate of drug-likeness (QED) is 0.754. The standard InChI is InChI=1S/C16H10F7NO2/c17-13-6-1-9(7-12(13)16(21,22)23)14(25)24-10-2-4-11(5-3-10)26-8-15(18,19)20/h1-7H,8H2,(H,24,25). The van der Waals surface area contributed by atoms with E-state index in [4.69, 9.17) is 0 Å². The molecule has 0 aliphatic rings. The molecular weight excluding hydrogens is 371 g/mol. The van der Waals surface area contributed by atoms with Gasteiger partial charge in [-0.25, -0.2) is 4.39 Å². The Labute approximate surface area is 142 Å². The van der Waals surface area contributed by atoms with Crippen LogP contribution >= 0.6 is 0 Å². The van der Waals surface area contributed by atoms with E-state index in [2.05, 4.69) is 10.1 Å². The van der Waals surface area contributed by atoms with Crippen LogP contribution in [0.5, 0.6) is 5.75 Å². The molecular formula is C16H10F7NO2. The van der Waals surface area contributed by atoms with Crippen molar-refractivity contribution in [3.8, 4) is 5.75 Å². The second-order valence-corrected chi connectivity index (χ2v) is 5.07. The van der Waals surface area contributed by atoms with Crippen LogP contribution in [0.2, 0.25) is 0 Å². The van der Waals surface area contributed by atoms with Gasteiger partial charge in [0, 0.05) is 11.3 Å². The molecule has 10 heteroatoms. The number of amides is 1. The van der Waals surface area contributed by atoms with Crippen molar-refractivity contribution in [3.05, 3.63) is 59.4 Å². The van der Waals surface area contributed by atoms with Gasteiger partial charge in [-0.15, -0.1) is 0 Å². The molecule has 0 saturated carbocycles. The fraction of sp³-hybridized carbons (Fsp3) is 0.188. The molecule has 0 unspecified atom stereocenters. The number of ether oxygens (including phenoxy) is 1. The Hall–Kier alpha value is -2.78. The molecule has 1 amide bonds. The lowest BCUT2D eigenvalue weighted by atomic mass is 10.1. The summed E-state index contributed by atoms with van der Waals surface area (Å²) in [6, 6.07) is 6.47. The minimum Gasteiger partial charge on any atom is -0.484 e. The van der Waals surface area contributed by atoms with Crippen LogP contribution in [0.25, 0.3) is 0 Å². The Bertz CT molecular complexity index is 783. The lowest BCUT2D eigenvalue weighted by Crippen LogP contribution is -2.19. The van der Waals surface area contributed by atoms with E-state index in [1.165, 1.54) is 12.1 Å². The summed E-state index contributed by atoms with van der Waals surface area (Å²) in [5.41, 5.74) is -1.91. The molecule has 2 aromatic rings. The van der Waals surface area contributed by atoms with E-state index in [0.29, 0.717) is 12.1 Å². The maximum absolute atomic E-state index is 13.2. The van der Waals surface area contributed by atoms with E-state index in [9.17, 15) is 35.5 Å². The van der Waals surface area contributed by atoms with Gasteiger partial charge in [0.2, 0.25) is 0 Å². The maximum Gasteiger partial charge on any atom is 0.422 e. The molecule has 140 valence electrons. The summed E-state index contributed by atoms with van der Waals surface area (Å²) in [7, 11) is 0. The van der Waals surface area contributed by atoms with Crippen molar-refractivity contribution in [2.45, 2.75) is 12.4 Å². The van der Waals surface area contributed by atoms with Crippen LogP contribution in [0.3, 0.4) is 0 Å². The fourth-order valence-electron chi connectivity index (χ4n) is 1.89. The van der Waals surface area contributed by atoms with Gasteiger partial charge in [-0.1, -0.05) is 0 Å². The van der Waals surface area contributed by atoms with Gasteiger partial charge in [0.15, 0.2) is 6.61 Å². The Morgan fingerprint density at radius 3 is 2.12 bits per heavy atom. The summed E-state index contributed by atoms with van der Waals surface area (Å²) in [5, 5.41) is 2.25. The number of alkyl halides is 6. The average Bonchev–Trinajstić information content (AvgIpc) is 2.52. The normalized spacial score (nSPS) is 12.0. The first-order valence-electron chi connectivity index (χ1n) is 6.93. The summed E-state index contributed by atoms with van der Waals surface area (Å²) in [6.07, 6.45) is -9.47. The molecule has 2 aromatic carbocycles. The molecule has 0 saturated heterocycles. The zero-order chi connectivity index (χ0) is 19.5. The van der Waals surface area contributed by atoms with Crippen LogP contribution in [0.1, 0.15) is 15.9 Å². The summed E-state index contributed by atoms with van der Waals surface area (Å²) in [5.74, 6) is -2.57. The summed E-state index contributed by atoms with van der Waals surface area (Å²) >= 11 is 0. The van der Waals surface area contributed by atoms with Crippen molar-refractivity contribution in [1.29, 1.82) is 0 Å². The molecule has 0 aliphatic carbocycles. The van der Waals surface area contributed by atoms with Gasteiger partial charge in [0.05, 0.1) is 5.56 Å². The van der Waals surface area contributed by atoms with Gasteiger partial charge < -0.3 is 10.1 Å². The minimum absolute atomic E-state index is 0.104. The zero-order valence-electron chi connectivity index (χ0n) is 12.7. The van der Waals surface area contributed by atoms with Crippen LogP contribution in [0, 0.1) is 5.82 Å². The van der Waals surface area contributed by atoms with Gasteiger partial charge in [0.1, 0.15) is 11.6 Å². The van der Waals surface area contributed by atoms with Crippen molar-refractivity contribution in [2.75, 3.05) is 11.9 Å². The predicted molar refractivity (Wildman–Crippen MR) is 77.3 cm³/mol. The monoisotopic (exact) mass is 381 g/mol. The number of anilines is 1. The maximum atomic E-state index is 13.2. The van der Waals surface area contributed by atoms with E-state index >= 15 is 0 Å². The van der Waals surface area contributed by atoms with Gasteiger partial charge >= 0.3 is 12.4 Å². The minimum atomic E-state index is -4.96. The molecule has 26 heavy (non-hydrogen) atoms. The molecule has 0 aromatic heterocycles. The van der Waals surface area contributed by atoms with Crippen molar-refractivity contribution < 1.29 is 40.3 Å². The van der Waals surface area contributed by atoms with Crippen molar-refractivity contribution in [2.24, 2.45) is 0 Å². The lowest BCUT2D eigenvalue weighted by Gasteiger charge is -2.11. The number of benzene rings is 2. The fourth-order valence-corrected chi connectivity index (χ4v) is 1.89. The predicted octanol–water partition coefficient (Wildman–Crippen LogP) is 5.04. The first-order chi connectivity index (χ1) is 12.0. The molecule has 0 fully saturated rings. The van der Waals surface area contributed by atoms with E-state index in [1.54, 1.807) is 0 Å². The van der Waals surface area contributed by atoms with Crippen LogP contribution in [0.4, 0.5) is 36.4 Å². The van der Waals surface area contributed by atoms with Crippen molar-refractivity contribution in [3.63, 3.8) is 0 Å². The average molecular weight is 381 g/mol. The molecule has 0 heterocycles. The molecule has 3 nitrogen and oxygen atoms in total. The lowest BCUT2D eigenvalue weighted by molar-refractivity contribution is -0.153. The van der Waals surface area contributed by atoms with E-state index in [0.717, 1.165) is 18.2 Å². The molecule has 0 radical (unpaired) electrons. The first kappa shape index (κ1) is 19.5. The molecule has 1 N–H and O–H groups in total. The van der Waals surface area contributed by atoms with Crippen LogP contribution < -0.4 is 10.1 Å². The number of hydrogen-bond acceptors (Lipinski definition) is 2. The summed E-state index contributed by atoms with van der Waals surface area (Å²) in [4.78, 5) is 12.0. The molecule has 2 rings (SSSR count). The highest BCUT2D eigenvalue weighted by atomic mass is 19.4. The van der Waals surface area contributed by atoms with E-state index in [1.807, 2.05) is 0 Å². The third-order valence-electron chi connectivity index (χ3n) is 3.05. The third kappa shape index (κ3) is 5.36. The Morgan fingerprint density at radius 2 is 1.58 bits per heavy atom. The smallest absolute Gasteiger partial charge is 0.422 e. The largest absolute Gasteiger partial charge is 0.484 e. The second kappa shape index (κ2) is 7.22. The summed E-state index contributed by atoms with van der Waals surface area (Å²) in [6.45, 7) is -1.49.